The minimum Gasteiger partial charge on any atom is -0.493 e. The van der Waals surface area contributed by atoms with Crippen molar-refractivity contribution in [2.45, 2.75) is 40.5 Å². The summed E-state index contributed by atoms with van der Waals surface area (Å²) in [6, 6.07) is 3.32. The number of hydrogen-bond acceptors (Lipinski definition) is 2. The number of ether oxygens (including phenoxy) is 1. The van der Waals surface area contributed by atoms with Gasteiger partial charge < -0.3 is 9.84 Å². The zero-order chi connectivity index (χ0) is 13.7. The van der Waals surface area contributed by atoms with Crippen molar-refractivity contribution in [1.82, 2.24) is 0 Å². The van der Waals surface area contributed by atoms with Crippen LogP contribution in [0.1, 0.15) is 48.2 Å². The van der Waals surface area contributed by atoms with Gasteiger partial charge in [-0.2, -0.15) is 0 Å². The number of carboxylic acid groups (broad SMARTS) is 1. The lowest BCUT2D eigenvalue weighted by molar-refractivity contribution is 0.0696. The second-order valence-corrected chi connectivity index (χ2v) is 4.95. The van der Waals surface area contributed by atoms with Gasteiger partial charge in [0, 0.05) is 0 Å². The van der Waals surface area contributed by atoms with Crippen molar-refractivity contribution in [3.8, 4) is 5.75 Å². The van der Waals surface area contributed by atoms with Crippen molar-refractivity contribution in [3.63, 3.8) is 0 Å². The third kappa shape index (κ3) is 3.76. The van der Waals surface area contributed by atoms with Crippen LogP contribution in [0.5, 0.6) is 5.75 Å². The molecule has 1 atom stereocenters. The second-order valence-electron chi connectivity index (χ2n) is 4.95. The number of hydrogen-bond donors (Lipinski definition) is 1. The summed E-state index contributed by atoms with van der Waals surface area (Å²) in [5.41, 5.74) is 2.09. The number of aryl methyl sites for hydroxylation is 2. The van der Waals surface area contributed by atoms with Gasteiger partial charge in [0.1, 0.15) is 5.75 Å². The summed E-state index contributed by atoms with van der Waals surface area (Å²) in [7, 11) is 0. The number of benzene rings is 1. The van der Waals surface area contributed by atoms with Gasteiger partial charge in [-0.25, -0.2) is 4.79 Å². The topological polar surface area (TPSA) is 46.5 Å². The predicted molar refractivity (Wildman–Crippen MR) is 72.4 cm³/mol. The maximum atomic E-state index is 10.9. The maximum Gasteiger partial charge on any atom is 0.335 e. The largest absolute Gasteiger partial charge is 0.493 e. The summed E-state index contributed by atoms with van der Waals surface area (Å²) in [5, 5.41) is 8.97. The molecule has 1 N–H and O–H groups in total. The highest BCUT2D eigenvalue weighted by molar-refractivity contribution is 5.88. The smallest absolute Gasteiger partial charge is 0.335 e. The monoisotopic (exact) mass is 250 g/mol. The standard InChI is InChI=1S/C15H22O3/c1-5-6-10(2)9-18-14-11(3)7-13(15(16)17)8-12(14)4/h7-8,10H,5-6,9H2,1-4H3,(H,16,17). The van der Waals surface area contributed by atoms with Crippen molar-refractivity contribution < 1.29 is 14.6 Å². The van der Waals surface area contributed by atoms with Gasteiger partial charge in [0.25, 0.3) is 0 Å². The average molecular weight is 250 g/mol. The summed E-state index contributed by atoms with van der Waals surface area (Å²) in [5.74, 6) is 0.447. The number of aromatic carboxylic acids is 1. The van der Waals surface area contributed by atoms with Gasteiger partial charge in [0.2, 0.25) is 0 Å². The molecule has 0 aromatic heterocycles. The Balaban J connectivity index is 2.81. The van der Waals surface area contributed by atoms with Gasteiger partial charge >= 0.3 is 5.97 Å². The molecule has 0 fully saturated rings. The summed E-state index contributed by atoms with van der Waals surface area (Å²) < 4.78 is 5.82. The van der Waals surface area contributed by atoms with E-state index in [9.17, 15) is 4.79 Å². The fourth-order valence-corrected chi connectivity index (χ4v) is 2.10. The summed E-state index contributed by atoms with van der Waals surface area (Å²) >= 11 is 0. The molecule has 0 heterocycles. The Morgan fingerprint density at radius 1 is 1.33 bits per heavy atom. The molecule has 0 saturated heterocycles. The normalized spacial score (nSPS) is 12.2. The van der Waals surface area contributed by atoms with Crippen molar-refractivity contribution in [2.24, 2.45) is 5.92 Å². The minimum absolute atomic E-state index is 0.318. The van der Waals surface area contributed by atoms with Gasteiger partial charge in [-0.15, -0.1) is 0 Å². The molecule has 0 aliphatic rings. The van der Waals surface area contributed by atoms with Crippen molar-refractivity contribution in [3.05, 3.63) is 28.8 Å². The molecule has 3 heteroatoms. The highest BCUT2D eigenvalue weighted by Gasteiger charge is 2.11. The first-order valence-electron chi connectivity index (χ1n) is 6.43. The molecule has 0 amide bonds. The summed E-state index contributed by atoms with van der Waals surface area (Å²) in [6.07, 6.45) is 2.30. The highest BCUT2D eigenvalue weighted by Crippen LogP contribution is 2.25. The maximum absolute atomic E-state index is 10.9. The summed E-state index contributed by atoms with van der Waals surface area (Å²) in [4.78, 5) is 10.9. The van der Waals surface area contributed by atoms with E-state index in [2.05, 4.69) is 13.8 Å². The SMILES string of the molecule is CCCC(C)COc1c(C)cc(C(=O)O)cc1C. The van der Waals surface area contributed by atoms with Crippen LogP contribution in [0.15, 0.2) is 12.1 Å². The third-order valence-corrected chi connectivity index (χ3v) is 3.00. The van der Waals surface area contributed by atoms with Crippen molar-refractivity contribution in [1.29, 1.82) is 0 Å². The third-order valence-electron chi connectivity index (χ3n) is 3.00. The summed E-state index contributed by atoms with van der Waals surface area (Å²) in [6.45, 7) is 8.79. The molecule has 1 aromatic rings. The van der Waals surface area contributed by atoms with E-state index in [1.165, 1.54) is 0 Å². The zero-order valence-electron chi connectivity index (χ0n) is 11.6. The van der Waals surface area contributed by atoms with Crippen LogP contribution in [0.4, 0.5) is 0 Å². The minimum atomic E-state index is -0.896. The Morgan fingerprint density at radius 3 is 2.33 bits per heavy atom. The first kappa shape index (κ1) is 14.6. The van der Waals surface area contributed by atoms with Crippen LogP contribution in [-0.2, 0) is 0 Å². The molecule has 1 aromatic carbocycles. The zero-order valence-corrected chi connectivity index (χ0v) is 11.6. The Bertz CT molecular complexity index is 401. The van der Waals surface area contributed by atoms with Crippen LogP contribution in [0.2, 0.25) is 0 Å². The lowest BCUT2D eigenvalue weighted by Gasteiger charge is -2.16. The molecule has 0 aliphatic heterocycles. The van der Waals surface area contributed by atoms with E-state index >= 15 is 0 Å². The van der Waals surface area contributed by atoms with Crippen LogP contribution in [0, 0.1) is 19.8 Å². The lowest BCUT2D eigenvalue weighted by Crippen LogP contribution is -2.10. The fraction of sp³-hybridized carbons (Fsp3) is 0.533. The Morgan fingerprint density at radius 2 is 1.89 bits per heavy atom. The van der Waals surface area contributed by atoms with Gasteiger partial charge in [-0.1, -0.05) is 20.3 Å². The van der Waals surface area contributed by atoms with Crippen molar-refractivity contribution >= 4 is 5.97 Å². The van der Waals surface area contributed by atoms with E-state index < -0.39 is 5.97 Å². The van der Waals surface area contributed by atoms with Gasteiger partial charge in [-0.3, -0.25) is 0 Å². The first-order chi connectivity index (χ1) is 8.45. The molecule has 100 valence electrons. The molecule has 0 spiro atoms. The van der Waals surface area contributed by atoms with Crippen LogP contribution >= 0.6 is 0 Å². The van der Waals surface area contributed by atoms with Crippen LogP contribution < -0.4 is 4.74 Å². The molecule has 0 aliphatic carbocycles. The van der Waals surface area contributed by atoms with Crippen LogP contribution in [-0.4, -0.2) is 17.7 Å². The average Bonchev–Trinajstić information content (AvgIpc) is 2.27. The number of carboxylic acids is 1. The Hall–Kier alpha value is -1.51. The van der Waals surface area contributed by atoms with Crippen LogP contribution in [0.25, 0.3) is 0 Å². The van der Waals surface area contributed by atoms with E-state index in [1.807, 2.05) is 13.8 Å². The molecule has 1 unspecified atom stereocenters. The van der Waals surface area contributed by atoms with E-state index in [0.717, 1.165) is 29.7 Å². The molecule has 18 heavy (non-hydrogen) atoms. The predicted octanol–water partition coefficient (Wildman–Crippen LogP) is 3.82. The second kappa shape index (κ2) is 6.43. The van der Waals surface area contributed by atoms with E-state index in [1.54, 1.807) is 12.1 Å². The quantitative estimate of drug-likeness (QED) is 0.835. The Kier molecular flexibility index (Phi) is 5.20. The van der Waals surface area contributed by atoms with Crippen LogP contribution in [0.3, 0.4) is 0 Å². The van der Waals surface area contributed by atoms with Gasteiger partial charge in [-0.05, 0) is 49.4 Å². The molecule has 0 saturated carbocycles. The van der Waals surface area contributed by atoms with Crippen molar-refractivity contribution in [2.75, 3.05) is 6.61 Å². The first-order valence-corrected chi connectivity index (χ1v) is 6.43. The van der Waals surface area contributed by atoms with E-state index in [4.69, 9.17) is 9.84 Å². The fourth-order valence-electron chi connectivity index (χ4n) is 2.10. The number of rotatable bonds is 6. The molecular formula is C15H22O3. The molecule has 0 radical (unpaired) electrons. The highest BCUT2D eigenvalue weighted by atomic mass is 16.5. The molecule has 0 bridgehead atoms. The number of carbonyl (C=O) groups is 1. The molecule has 3 nitrogen and oxygen atoms in total. The molecule has 1 rings (SSSR count). The Labute approximate surface area is 109 Å². The molecular weight excluding hydrogens is 228 g/mol. The van der Waals surface area contributed by atoms with Gasteiger partial charge in [0.15, 0.2) is 0 Å². The van der Waals surface area contributed by atoms with Gasteiger partial charge in [0.05, 0.1) is 12.2 Å². The van der Waals surface area contributed by atoms with E-state index in [-0.39, 0.29) is 0 Å². The lowest BCUT2D eigenvalue weighted by atomic mass is 10.0. The van der Waals surface area contributed by atoms with E-state index in [0.29, 0.717) is 18.1 Å².